The third kappa shape index (κ3) is 2.88. The van der Waals surface area contributed by atoms with Crippen LogP contribution >= 0.6 is 38.9 Å². The molecule has 0 aliphatic carbocycles. The smallest absolute Gasteiger partial charge is 0.124 e. The minimum atomic E-state index is 0.0706. The summed E-state index contributed by atoms with van der Waals surface area (Å²) in [5.74, 6) is 0.834. The van der Waals surface area contributed by atoms with Crippen molar-refractivity contribution in [2.24, 2.45) is 0 Å². The molecule has 18 heavy (non-hydrogen) atoms. The van der Waals surface area contributed by atoms with Gasteiger partial charge in [0, 0.05) is 10.6 Å². The zero-order valence-corrected chi connectivity index (χ0v) is 13.2. The van der Waals surface area contributed by atoms with Crippen LogP contribution in [-0.4, -0.2) is 14.2 Å². The lowest BCUT2D eigenvalue weighted by Gasteiger charge is -2.18. The Balaban J connectivity index is 2.47. The van der Waals surface area contributed by atoms with Crippen molar-refractivity contribution in [3.63, 3.8) is 0 Å². The Morgan fingerprint density at radius 2 is 2.17 bits per heavy atom. The number of benzene rings is 1. The lowest BCUT2D eigenvalue weighted by Crippen LogP contribution is -2.17. The highest BCUT2D eigenvalue weighted by Crippen LogP contribution is 2.35. The molecule has 1 atom stereocenters. The lowest BCUT2D eigenvalue weighted by atomic mass is 10.0. The molecule has 0 fully saturated rings. The van der Waals surface area contributed by atoms with E-state index in [2.05, 4.69) is 32.7 Å². The summed E-state index contributed by atoms with van der Waals surface area (Å²) in [5.41, 5.74) is 2.23. The van der Waals surface area contributed by atoms with E-state index in [9.17, 15) is 0 Å². The van der Waals surface area contributed by atoms with E-state index in [1.54, 1.807) is 18.4 Å². The first-order valence-corrected chi connectivity index (χ1v) is 7.45. The number of hydrogen-bond acceptors (Lipinski definition) is 3. The van der Waals surface area contributed by atoms with Gasteiger partial charge in [-0.2, -0.15) is 0 Å². The van der Waals surface area contributed by atoms with Crippen molar-refractivity contribution in [3.8, 4) is 5.75 Å². The predicted octanol–water partition coefficient (Wildman–Crippen LogP) is 4.48. The van der Waals surface area contributed by atoms with E-state index in [0.29, 0.717) is 5.02 Å². The topological polar surface area (TPSA) is 21.3 Å². The molecule has 0 aliphatic rings. The number of thiophene rings is 1. The summed E-state index contributed by atoms with van der Waals surface area (Å²) >= 11 is 11.2. The molecule has 1 aromatic heterocycles. The highest BCUT2D eigenvalue weighted by Gasteiger charge is 2.18. The molecule has 96 valence electrons. The van der Waals surface area contributed by atoms with Crippen LogP contribution in [0.2, 0.25) is 5.02 Å². The third-order valence-electron chi connectivity index (χ3n) is 2.71. The van der Waals surface area contributed by atoms with Gasteiger partial charge in [-0.25, -0.2) is 0 Å². The second kappa shape index (κ2) is 6.06. The Bertz CT molecular complexity index is 544. The molecular weight excluding hydrogens is 334 g/mol. The summed E-state index contributed by atoms with van der Waals surface area (Å²) in [6.45, 7) is 0. The van der Waals surface area contributed by atoms with Crippen LogP contribution in [0.15, 0.2) is 33.4 Å². The fraction of sp³-hybridized carbons (Fsp3) is 0.231. The third-order valence-corrected chi connectivity index (χ3v) is 4.47. The van der Waals surface area contributed by atoms with Gasteiger partial charge in [0.15, 0.2) is 0 Å². The molecule has 0 saturated heterocycles. The standard InChI is InChI=1S/C13H13BrClNOS/c1-16-13(8-5-12(14)18-7-8)10-6-9(15)3-4-11(10)17-2/h3-7,13,16H,1-2H3. The van der Waals surface area contributed by atoms with Crippen LogP contribution in [0.4, 0.5) is 0 Å². The maximum atomic E-state index is 6.08. The van der Waals surface area contributed by atoms with Gasteiger partial charge in [0.1, 0.15) is 5.75 Å². The Morgan fingerprint density at radius 3 is 2.72 bits per heavy atom. The Labute approximate surface area is 124 Å². The van der Waals surface area contributed by atoms with Crippen LogP contribution < -0.4 is 10.1 Å². The zero-order valence-electron chi connectivity index (χ0n) is 10.0. The molecule has 1 unspecified atom stereocenters. The molecule has 1 N–H and O–H groups in total. The molecule has 2 rings (SSSR count). The van der Waals surface area contributed by atoms with Crippen molar-refractivity contribution >= 4 is 38.9 Å². The van der Waals surface area contributed by atoms with Crippen LogP contribution in [0, 0.1) is 0 Å². The summed E-state index contributed by atoms with van der Waals surface area (Å²) in [5, 5.41) is 6.12. The molecule has 0 spiro atoms. The minimum Gasteiger partial charge on any atom is -0.496 e. The molecule has 1 aromatic carbocycles. The maximum absolute atomic E-state index is 6.08. The highest BCUT2D eigenvalue weighted by atomic mass is 79.9. The normalized spacial score (nSPS) is 12.4. The molecule has 5 heteroatoms. The van der Waals surface area contributed by atoms with Gasteiger partial charge in [-0.15, -0.1) is 11.3 Å². The van der Waals surface area contributed by atoms with Crippen LogP contribution in [0.1, 0.15) is 17.2 Å². The van der Waals surface area contributed by atoms with Gasteiger partial charge in [-0.3, -0.25) is 0 Å². The lowest BCUT2D eigenvalue weighted by molar-refractivity contribution is 0.405. The second-order valence-corrected chi connectivity index (χ2v) is 6.52. The van der Waals surface area contributed by atoms with Crippen molar-refractivity contribution in [2.45, 2.75) is 6.04 Å². The Hall–Kier alpha value is -0.550. The molecule has 1 heterocycles. The molecule has 0 radical (unpaired) electrons. The number of rotatable bonds is 4. The highest BCUT2D eigenvalue weighted by molar-refractivity contribution is 9.11. The first kappa shape index (κ1) is 13.9. The van der Waals surface area contributed by atoms with Crippen molar-refractivity contribution in [1.82, 2.24) is 5.32 Å². The monoisotopic (exact) mass is 345 g/mol. The molecule has 0 saturated carbocycles. The molecule has 2 aromatic rings. The SMILES string of the molecule is CNC(c1csc(Br)c1)c1cc(Cl)ccc1OC. The largest absolute Gasteiger partial charge is 0.496 e. The van der Waals surface area contributed by atoms with Gasteiger partial charge >= 0.3 is 0 Å². The van der Waals surface area contributed by atoms with Gasteiger partial charge in [-0.05, 0) is 58.2 Å². The minimum absolute atomic E-state index is 0.0706. The summed E-state index contributed by atoms with van der Waals surface area (Å²) in [6.07, 6.45) is 0. The Morgan fingerprint density at radius 1 is 1.39 bits per heavy atom. The van der Waals surface area contributed by atoms with E-state index < -0.39 is 0 Å². The molecule has 0 amide bonds. The molecule has 2 nitrogen and oxygen atoms in total. The quantitative estimate of drug-likeness (QED) is 0.881. The number of methoxy groups -OCH3 is 1. The van der Waals surface area contributed by atoms with E-state index >= 15 is 0 Å². The molecule has 0 aliphatic heterocycles. The van der Waals surface area contributed by atoms with Gasteiger partial charge in [0.2, 0.25) is 0 Å². The van der Waals surface area contributed by atoms with Crippen molar-refractivity contribution in [1.29, 1.82) is 0 Å². The van der Waals surface area contributed by atoms with Crippen molar-refractivity contribution < 1.29 is 4.74 Å². The fourth-order valence-corrected chi connectivity index (χ4v) is 3.29. The maximum Gasteiger partial charge on any atom is 0.124 e. The predicted molar refractivity (Wildman–Crippen MR) is 80.9 cm³/mol. The average molecular weight is 347 g/mol. The number of nitrogens with one attached hydrogen (secondary N) is 1. The summed E-state index contributed by atoms with van der Waals surface area (Å²) in [6, 6.07) is 7.84. The second-order valence-electron chi connectivity index (χ2n) is 3.79. The summed E-state index contributed by atoms with van der Waals surface area (Å²) in [7, 11) is 3.60. The van der Waals surface area contributed by atoms with Gasteiger partial charge < -0.3 is 10.1 Å². The van der Waals surface area contributed by atoms with E-state index in [1.807, 2.05) is 25.2 Å². The molecule has 0 bridgehead atoms. The fourth-order valence-electron chi connectivity index (χ4n) is 1.91. The average Bonchev–Trinajstić information content (AvgIpc) is 2.77. The Kier molecular flexibility index (Phi) is 4.67. The van der Waals surface area contributed by atoms with Crippen molar-refractivity contribution in [2.75, 3.05) is 14.2 Å². The number of halogens is 2. The van der Waals surface area contributed by atoms with E-state index in [-0.39, 0.29) is 6.04 Å². The van der Waals surface area contributed by atoms with Crippen LogP contribution in [0.3, 0.4) is 0 Å². The number of ether oxygens (including phenoxy) is 1. The molecular formula is C13H13BrClNOS. The first-order valence-electron chi connectivity index (χ1n) is 5.40. The van der Waals surface area contributed by atoms with Crippen LogP contribution in [0.25, 0.3) is 0 Å². The van der Waals surface area contributed by atoms with Crippen LogP contribution in [0.5, 0.6) is 5.75 Å². The summed E-state index contributed by atoms with van der Waals surface area (Å²) < 4.78 is 6.51. The summed E-state index contributed by atoms with van der Waals surface area (Å²) in [4.78, 5) is 0. The first-order chi connectivity index (χ1) is 8.65. The van der Waals surface area contributed by atoms with E-state index in [4.69, 9.17) is 16.3 Å². The number of hydrogen-bond donors (Lipinski definition) is 1. The van der Waals surface area contributed by atoms with Crippen LogP contribution in [-0.2, 0) is 0 Å². The van der Waals surface area contributed by atoms with Crippen molar-refractivity contribution in [3.05, 3.63) is 49.6 Å². The van der Waals surface area contributed by atoms with Gasteiger partial charge in [0.25, 0.3) is 0 Å². The zero-order chi connectivity index (χ0) is 13.1. The van der Waals surface area contributed by atoms with E-state index in [0.717, 1.165) is 15.1 Å². The van der Waals surface area contributed by atoms with Gasteiger partial charge in [-0.1, -0.05) is 11.6 Å². The van der Waals surface area contributed by atoms with E-state index in [1.165, 1.54) is 5.56 Å². The van der Waals surface area contributed by atoms with Gasteiger partial charge in [0.05, 0.1) is 16.9 Å².